The van der Waals surface area contributed by atoms with Gasteiger partial charge in [0.2, 0.25) is 5.13 Å². The Morgan fingerprint density at radius 3 is 2.82 bits per heavy atom. The molecule has 9 heteroatoms. The Balaban J connectivity index is 1.57. The lowest BCUT2D eigenvalue weighted by atomic mass is 10.2. The largest absolute Gasteiger partial charge is 0.459 e. The van der Waals surface area contributed by atoms with Gasteiger partial charge in [-0.15, -0.1) is 11.3 Å². The van der Waals surface area contributed by atoms with Crippen LogP contribution in [0.2, 0.25) is 5.02 Å². The van der Waals surface area contributed by atoms with E-state index in [4.69, 9.17) is 16.0 Å². The Morgan fingerprint density at radius 2 is 2.07 bits per heavy atom. The highest BCUT2D eigenvalue weighted by atomic mass is 35.5. The lowest BCUT2D eigenvalue weighted by Gasteiger charge is -2.01. The van der Waals surface area contributed by atoms with E-state index in [1.165, 1.54) is 28.9 Å². The highest BCUT2D eigenvalue weighted by molar-refractivity contribution is 7.21. The first kappa shape index (κ1) is 18.4. The number of amides is 1. The molecule has 2 N–H and O–H groups in total. The molecule has 28 heavy (non-hydrogen) atoms. The van der Waals surface area contributed by atoms with Crippen LogP contribution in [0, 0.1) is 0 Å². The number of thiophene rings is 1. The van der Waals surface area contributed by atoms with E-state index in [9.17, 15) is 4.79 Å². The Kier molecular flexibility index (Phi) is 5.52. The summed E-state index contributed by atoms with van der Waals surface area (Å²) < 4.78 is 5.15. The number of halogens is 1. The average Bonchev–Trinajstić information content (AvgIpc) is 3.45. The van der Waals surface area contributed by atoms with Crippen LogP contribution in [0.5, 0.6) is 0 Å². The highest BCUT2D eigenvalue weighted by Crippen LogP contribution is 2.38. The number of thiazole rings is 1. The zero-order valence-corrected chi connectivity index (χ0v) is 16.6. The molecule has 0 aliphatic rings. The van der Waals surface area contributed by atoms with Gasteiger partial charge in [0.1, 0.15) is 10.7 Å². The number of furan rings is 1. The molecule has 0 bridgehead atoms. The Labute approximate surface area is 173 Å². The second kappa shape index (κ2) is 8.39. The van der Waals surface area contributed by atoms with Crippen molar-refractivity contribution < 1.29 is 9.21 Å². The number of hydrogen-bond donors (Lipinski definition) is 2. The molecule has 0 saturated heterocycles. The highest BCUT2D eigenvalue weighted by Gasteiger charge is 2.18. The number of rotatable bonds is 6. The number of carbonyl (C=O) groups is 1. The minimum absolute atomic E-state index is 0.233. The first-order valence-electron chi connectivity index (χ1n) is 8.14. The van der Waals surface area contributed by atoms with E-state index >= 15 is 0 Å². The van der Waals surface area contributed by atoms with Gasteiger partial charge in [-0.05, 0) is 29.6 Å². The van der Waals surface area contributed by atoms with E-state index < -0.39 is 0 Å². The molecule has 3 aromatic heterocycles. The number of aromatic nitrogens is 1. The summed E-state index contributed by atoms with van der Waals surface area (Å²) in [6.45, 7) is 0. The van der Waals surface area contributed by atoms with Gasteiger partial charge in [-0.1, -0.05) is 47.2 Å². The van der Waals surface area contributed by atoms with Gasteiger partial charge in [-0.3, -0.25) is 10.2 Å². The quantitative estimate of drug-likeness (QED) is 0.299. The molecule has 0 spiro atoms. The molecule has 1 aromatic carbocycles. The van der Waals surface area contributed by atoms with Crippen LogP contribution < -0.4 is 10.7 Å². The molecule has 0 unspecified atom stereocenters. The number of nitrogens with zero attached hydrogens (tertiary/aromatic N) is 2. The minimum Gasteiger partial charge on any atom is -0.459 e. The number of benzene rings is 1. The third kappa shape index (κ3) is 4.14. The molecule has 1 amide bonds. The monoisotopic (exact) mass is 428 g/mol. The van der Waals surface area contributed by atoms with Gasteiger partial charge in [0.05, 0.1) is 17.4 Å². The Hall–Kier alpha value is -2.94. The molecular formula is C19H13ClN4O2S2. The summed E-state index contributed by atoms with van der Waals surface area (Å²) >= 11 is 8.95. The summed E-state index contributed by atoms with van der Waals surface area (Å²) in [4.78, 5) is 17.9. The second-order valence-corrected chi connectivity index (χ2v) is 7.85. The number of carbonyl (C=O) groups excluding carboxylic acids is 1. The molecule has 0 fully saturated rings. The Bertz CT molecular complexity index is 1110. The standard InChI is InChI=1S/C19H13ClN4O2S2/c20-13-6-2-1-5-12(13)11-21-24-19-22-16(15-8-4-10-27-15)18(28-19)23-17(25)14-7-3-9-26-14/h1-11H,(H,22,24)(H,23,25). The summed E-state index contributed by atoms with van der Waals surface area (Å²) in [5.41, 5.74) is 4.37. The Morgan fingerprint density at radius 1 is 1.18 bits per heavy atom. The van der Waals surface area contributed by atoms with Gasteiger partial charge in [0, 0.05) is 10.6 Å². The van der Waals surface area contributed by atoms with E-state index in [2.05, 4.69) is 20.8 Å². The van der Waals surface area contributed by atoms with Crippen LogP contribution in [0.3, 0.4) is 0 Å². The molecule has 0 radical (unpaired) electrons. The molecule has 140 valence electrons. The van der Waals surface area contributed by atoms with Crippen molar-refractivity contribution in [2.75, 3.05) is 10.7 Å². The summed E-state index contributed by atoms with van der Waals surface area (Å²) in [5.74, 6) is -0.102. The molecule has 6 nitrogen and oxygen atoms in total. The van der Waals surface area contributed by atoms with Gasteiger partial charge >= 0.3 is 0 Å². The third-order valence-electron chi connectivity index (χ3n) is 3.62. The summed E-state index contributed by atoms with van der Waals surface area (Å²) in [7, 11) is 0. The number of anilines is 2. The fraction of sp³-hybridized carbons (Fsp3) is 0. The summed E-state index contributed by atoms with van der Waals surface area (Å²) in [5, 5.41) is 10.8. The van der Waals surface area contributed by atoms with Gasteiger partial charge in [0.25, 0.3) is 5.91 Å². The predicted octanol–water partition coefficient (Wildman–Crippen LogP) is 5.82. The van der Waals surface area contributed by atoms with Crippen LogP contribution in [0.1, 0.15) is 16.1 Å². The lowest BCUT2D eigenvalue weighted by Crippen LogP contribution is -2.10. The van der Waals surface area contributed by atoms with Crippen LogP contribution >= 0.6 is 34.3 Å². The molecule has 4 aromatic rings. The van der Waals surface area contributed by atoms with Gasteiger partial charge in [-0.2, -0.15) is 5.10 Å². The van der Waals surface area contributed by atoms with Crippen LogP contribution in [0.15, 0.2) is 69.7 Å². The first-order valence-corrected chi connectivity index (χ1v) is 10.2. The van der Waals surface area contributed by atoms with Crippen molar-refractivity contribution in [3.8, 4) is 10.6 Å². The average molecular weight is 429 g/mol. The lowest BCUT2D eigenvalue weighted by molar-refractivity contribution is 0.0997. The van der Waals surface area contributed by atoms with Crippen LogP contribution in [0.25, 0.3) is 10.6 Å². The van der Waals surface area contributed by atoms with Gasteiger partial charge < -0.3 is 9.73 Å². The van der Waals surface area contributed by atoms with Crippen molar-refractivity contribution in [1.29, 1.82) is 0 Å². The first-order chi connectivity index (χ1) is 13.7. The molecule has 0 saturated carbocycles. The van der Waals surface area contributed by atoms with Crippen molar-refractivity contribution in [3.63, 3.8) is 0 Å². The van der Waals surface area contributed by atoms with Crippen molar-refractivity contribution in [3.05, 3.63) is 76.5 Å². The van der Waals surface area contributed by atoms with Crippen molar-refractivity contribution in [2.24, 2.45) is 5.10 Å². The fourth-order valence-electron chi connectivity index (χ4n) is 2.34. The smallest absolute Gasteiger partial charge is 0.292 e. The SMILES string of the molecule is O=C(Nc1sc(NN=Cc2ccccc2Cl)nc1-c1cccs1)c1ccco1. The molecule has 3 heterocycles. The van der Waals surface area contributed by atoms with Crippen LogP contribution in [0.4, 0.5) is 10.1 Å². The predicted molar refractivity (Wildman–Crippen MR) is 115 cm³/mol. The van der Waals surface area contributed by atoms with E-state index in [-0.39, 0.29) is 11.7 Å². The van der Waals surface area contributed by atoms with Gasteiger partial charge in [0.15, 0.2) is 5.76 Å². The molecule has 0 aliphatic heterocycles. The second-order valence-electron chi connectivity index (χ2n) is 5.50. The zero-order valence-electron chi connectivity index (χ0n) is 14.3. The number of hydrazone groups is 1. The van der Waals surface area contributed by atoms with E-state index in [1.54, 1.807) is 24.4 Å². The van der Waals surface area contributed by atoms with Gasteiger partial charge in [-0.25, -0.2) is 4.98 Å². The van der Waals surface area contributed by atoms with E-state index in [0.29, 0.717) is 20.8 Å². The molecule has 0 aliphatic carbocycles. The molecule has 4 rings (SSSR count). The topological polar surface area (TPSA) is 79.5 Å². The van der Waals surface area contributed by atoms with Crippen LogP contribution in [-0.4, -0.2) is 17.1 Å². The number of hydrogen-bond acceptors (Lipinski definition) is 7. The zero-order chi connectivity index (χ0) is 19.3. The van der Waals surface area contributed by atoms with Crippen molar-refractivity contribution >= 4 is 56.5 Å². The fourth-order valence-corrected chi connectivity index (χ4v) is 4.14. The summed E-state index contributed by atoms with van der Waals surface area (Å²) in [6.07, 6.45) is 3.08. The summed E-state index contributed by atoms with van der Waals surface area (Å²) in [6, 6.07) is 14.5. The maximum absolute atomic E-state index is 12.4. The maximum Gasteiger partial charge on any atom is 0.292 e. The maximum atomic E-state index is 12.4. The molecular weight excluding hydrogens is 416 g/mol. The van der Waals surface area contributed by atoms with Crippen molar-refractivity contribution in [1.82, 2.24) is 4.98 Å². The van der Waals surface area contributed by atoms with Crippen LogP contribution in [-0.2, 0) is 0 Å². The normalized spacial score (nSPS) is 11.0. The van der Waals surface area contributed by atoms with Crippen molar-refractivity contribution in [2.45, 2.75) is 0 Å². The minimum atomic E-state index is -0.336. The third-order valence-corrected chi connectivity index (χ3v) is 5.72. The number of nitrogens with one attached hydrogen (secondary N) is 2. The molecule has 0 atom stereocenters. The van der Waals surface area contributed by atoms with E-state index in [0.717, 1.165) is 10.4 Å². The van der Waals surface area contributed by atoms with E-state index in [1.807, 2.05) is 35.7 Å².